The number of allylic oxidation sites excluding steroid dienone is 1. The van der Waals surface area contributed by atoms with Crippen molar-refractivity contribution in [1.29, 1.82) is 0 Å². The molecular weight excluding hydrogens is 340 g/mol. The number of methoxy groups -OCH3 is 1. The molecule has 1 heterocycles. The normalized spacial score (nSPS) is 24.9. The largest absolute Gasteiger partial charge is 0.497 e. The lowest BCUT2D eigenvalue weighted by Gasteiger charge is -2.47. The van der Waals surface area contributed by atoms with E-state index in [4.69, 9.17) is 4.74 Å². The van der Waals surface area contributed by atoms with Gasteiger partial charge in [-0.05, 0) is 62.6 Å². The SMILES string of the molecule is COc1cccc(C(=O)NCC23CCCC=C2N(CC2CC2)C(=O)CC3)c1. The Balaban J connectivity index is 1.50. The quantitative estimate of drug-likeness (QED) is 0.836. The molecule has 0 spiro atoms. The summed E-state index contributed by atoms with van der Waals surface area (Å²) in [5.41, 5.74) is 1.67. The van der Waals surface area contributed by atoms with Gasteiger partial charge in [0, 0.05) is 36.2 Å². The van der Waals surface area contributed by atoms with Crippen molar-refractivity contribution in [2.45, 2.75) is 44.9 Å². The Morgan fingerprint density at radius 2 is 2.19 bits per heavy atom. The molecule has 0 aromatic heterocycles. The van der Waals surface area contributed by atoms with Gasteiger partial charge in [-0.25, -0.2) is 0 Å². The van der Waals surface area contributed by atoms with Crippen molar-refractivity contribution in [2.24, 2.45) is 11.3 Å². The number of amides is 2. The number of carbonyl (C=O) groups excluding carboxylic acids is 2. The van der Waals surface area contributed by atoms with E-state index in [1.807, 2.05) is 17.0 Å². The predicted molar refractivity (Wildman–Crippen MR) is 103 cm³/mol. The summed E-state index contributed by atoms with van der Waals surface area (Å²) >= 11 is 0. The molecular formula is C22H28N2O3. The smallest absolute Gasteiger partial charge is 0.251 e. The average molecular weight is 368 g/mol. The lowest BCUT2D eigenvalue weighted by atomic mass is 9.69. The molecule has 0 radical (unpaired) electrons. The van der Waals surface area contributed by atoms with Crippen LogP contribution in [0.15, 0.2) is 36.0 Å². The number of piperidine rings is 1. The number of nitrogens with zero attached hydrogens (tertiary/aromatic N) is 1. The number of ether oxygens (including phenoxy) is 1. The number of likely N-dealkylation sites (tertiary alicyclic amines) is 1. The third-order valence-corrected chi connectivity index (χ3v) is 6.21. The van der Waals surface area contributed by atoms with Crippen LogP contribution in [0.25, 0.3) is 0 Å². The second-order valence-corrected chi connectivity index (χ2v) is 8.12. The maximum atomic E-state index is 12.7. The number of rotatable bonds is 6. The monoisotopic (exact) mass is 368 g/mol. The van der Waals surface area contributed by atoms with Gasteiger partial charge in [0.25, 0.3) is 5.91 Å². The van der Waals surface area contributed by atoms with Crippen molar-refractivity contribution in [3.05, 3.63) is 41.6 Å². The molecule has 1 N–H and O–H groups in total. The van der Waals surface area contributed by atoms with Crippen molar-refractivity contribution < 1.29 is 14.3 Å². The summed E-state index contributed by atoms with van der Waals surface area (Å²) in [7, 11) is 1.60. The first-order valence-electron chi connectivity index (χ1n) is 10.0. The lowest BCUT2D eigenvalue weighted by Crippen LogP contribution is -2.51. The van der Waals surface area contributed by atoms with Gasteiger partial charge in [-0.15, -0.1) is 0 Å². The van der Waals surface area contributed by atoms with Gasteiger partial charge in [0.1, 0.15) is 5.75 Å². The summed E-state index contributed by atoms with van der Waals surface area (Å²) in [5, 5.41) is 3.14. The summed E-state index contributed by atoms with van der Waals surface area (Å²) in [6.45, 7) is 1.44. The molecule has 3 aliphatic rings. The zero-order valence-electron chi connectivity index (χ0n) is 16.0. The molecule has 27 heavy (non-hydrogen) atoms. The maximum absolute atomic E-state index is 12.7. The van der Waals surface area contributed by atoms with Crippen LogP contribution >= 0.6 is 0 Å². The maximum Gasteiger partial charge on any atom is 0.251 e. The highest BCUT2D eigenvalue weighted by molar-refractivity contribution is 5.94. The van der Waals surface area contributed by atoms with Crippen LogP contribution in [0.5, 0.6) is 5.75 Å². The minimum absolute atomic E-state index is 0.0844. The molecule has 1 aliphatic heterocycles. The third kappa shape index (κ3) is 3.73. The standard InChI is InChI=1S/C22H28N2O3/c1-27-18-6-4-5-17(13-18)21(26)23-15-22-11-3-2-7-19(22)24(14-16-8-9-16)20(25)10-12-22/h4-7,13,16H,2-3,8-12,14-15H2,1H3,(H,23,26). The van der Waals surface area contributed by atoms with Crippen LogP contribution in [-0.4, -0.2) is 36.9 Å². The fourth-order valence-electron chi connectivity index (χ4n) is 4.43. The summed E-state index contributed by atoms with van der Waals surface area (Å²) < 4.78 is 5.22. The molecule has 1 aromatic carbocycles. The summed E-state index contributed by atoms with van der Waals surface area (Å²) in [6, 6.07) is 7.22. The van der Waals surface area contributed by atoms with Crippen molar-refractivity contribution in [3.63, 3.8) is 0 Å². The van der Waals surface area contributed by atoms with Crippen LogP contribution in [0.4, 0.5) is 0 Å². The zero-order valence-corrected chi connectivity index (χ0v) is 16.0. The molecule has 0 bridgehead atoms. The second-order valence-electron chi connectivity index (χ2n) is 8.12. The van der Waals surface area contributed by atoms with Gasteiger partial charge < -0.3 is 15.0 Å². The Hall–Kier alpha value is -2.30. The molecule has 144 valence electrons. The minimum atomic E-state index is -0.102. The molecule has 5 heteroatoms. The van der Waals surface area contributed by atoms with E-state index in [0.717, 1.165) is 32.2 Å². The van der Waals surface area contributed by atoms with E-state index in [2.05, 4.69) is 11.4 Å². The van der Waals surface area contributed by atoms with E-state index in [1.165, 1.54) is 18.5 Å². The van der Waals surface area contributed by atoms with Crippen LogP contribution in [-0.2, 0) is 4.79 Å². The number of benzene rings is 1. The van der Waals surface area contributed by atoms with E-state index in [1.54, 1.807) is 19.2 Å². The van der Waals surface area contributed by atoms with Crippen molar-refractivity contribution in [2.75, 3.05) is 20.2 Å². The number of hydrogen-bond acceptors (Lipinski definition) is 3. The summed E-state index contributed by atoms with van der Waals surface area (Å²) in [6.07, 6.45) is 9.30. The molecule has 1 unspecified atom stereocenters. The minimum Gasteiger partial charge on any atom is -0.497 e. The van der Waals surface area contributed by atoms with Crippen molar-refractivity contribution >= 4 is 11.8 Å². The highest BCUT2D eigenvalue weighted by Gasteiger charge is 2.45. The van der Waals surface area contributed by atoms with E-state index in [-0.39, 0.29) is 17.2 Å². The average Bonchev–Trinajstić information content (AvgIpc) is 3.53. The van der Waals surface area contributed by atoms with Gasteiger partial charge in [0.05, 0.1) is 7.11 Å². The van der Waals surface area contributed by atoms with E-state index >= 15 is 0 Å². The molecule has 1 saturated heterocycles. The predicted octanol–water partition coefficient (Wildman–Crippen LogP) is 3.51. The Labute approximate surface area is 160 Å². The molecule has 1 aromatic rings. The molecule has 1 atom stereocenters. The Bertz CT molecular complexity index is 769. The highest BCUT2D eigenvalue weighted by atomic mass is 16.5. The van der Waals surface area contributed by atoms with Gasteiger partial charge in [0.15, 0.2) is 0 Å². The number of hydrogen-bond donors (Lipinski definition) is 1. The summed E-state index contributed by atoms with van der Waals surface area (Å²) in [5.74, 6) is 1.51. The van der Waals surface area contributed by atoms with Gasteiger partial charge in [-0.2, -0.15) is 0 Å². The van der Waals surface area contributed by atoms with Gasteiger partial charge in [-0.1, -0.05) is 12.1 Å². The molecule has 2 aliphatic carbocycles. The van der Waals surface area contributed by atoms with Crippen molar-refractivity contribution in [3.8, 4) is 5.75 Å². The fraction of sp³-hybridized carbons (Fsp3) is 0.545. The molecule has 2 fully saturated rings. The topological polar surface area (TPSA) is 58.6 Å². The lowest BCUT2D eigenvalue weighted by molar-refractivity contribution is -0.134. The first-order valence-corrected chi connectivity index (χ1v) is 10.0. The van der Waals surface area contributed by atoms with Crippen LogP contribution in [0.2, 0.25) is 0 Å². The molecule has 1 saturated carbocycles. The van der Waals surface area contributed by atoms with E-state index < -0.39 is 0 Å². The Morgan fingerprint density at radius 3 is 2.96 bits per heavy atom. The number of fused-ring (bicyclic) bond motifs is 1. The zero-order chi connectivity index (χ0) is 18.9. The summed E-state index contributed by atoms with van der Waals surface area (Å²) in [4.78, 5) is 27.3. The first-order chi connectivity index (χ1) is 13.1. The van der Waals surface area contributed by atoms with Crippen LogP contribution < -0.4 is 10.1 Å². The van der Waals surface area contributed by atoms with Crippen LogP contribution in [0, 0.1) is 11.3 Å². The van der Waals surface area contributed by atoms with Crippen LogP contribution in [0.1, 0.15) is 55.3 Å². The Kier molecular flexibility index (Phi) is 4.94. The Morgan fingerprint density at radius 1 is 1.33 bits per heavy atom. The highest BCUT2D eigenvalue weighted by Crippen LogP contribution is 2.47. The molecule has 2 amide bonds. The molecule has 5 nitrogen and oxygen atoms in total. The van der Waals surface area contributed by atoms with E-state index in [0.29, 0.717) is 30.2 Å². The number of carbonyl (C=O) groups is 2. The number of nitrogens with one attached hydrogen (secondary N) is 1. The molecule has 4 rings (SSSR count). The first kappa shape index (κ1) is 18.1. The van der Waals surface area contributed by atoms with Gasteiger partial charge >= 0.3 is 0 Å². The van der Waals surface area contributed by atoms with Gasteiger partial charge in [0.2, 0.25) is 5.91 Å². The fourth-order valence-corrected chi connectivity index (χ4v) is 4.43. The third-order valence-electron chi connectivity index (χ3n) is 6.21. The second kappa shape index (κ2) is 7.37. The van der Waals surface area contributed by atoms with Crippen LogP contribution in [0.3, 0.4) is 0 Å². The van der Waals surface area contributed by atoms with E-state index in [9.17, 15) is 9.59 Å². The van der Waals surface area contributed by atoms with Gasteiger partial charge in [-0.3, -0.25) is 9.59 Å². The van der Waals surface area contributed by atoms with Crippen molar-refractivity contribution in [1.82, 2.24) is 10.2 Å².